The molecule has 23 heavy (non-hydrogen) atoms. The van der Waals surface area contributed by atoms with Gasteiger partial charge in [0.2, 0.25) is 0 Å². The average molecular weight is 373 g/mol. The molecule has 0 bridgehead atoms. The summed E-state index contributed by atoms with van der Waals surface area (Å²) in [5, 5.41) is 12.8. The minimum atomic E-state index is -1.04. The molecule has 2 aromatic carbocycles. The molecule has 0 saturated heterocycles. The maximum atomic E-state index is 12.4. The normalized spacial score (nSPS) is 11.8. The molecule has 0 aromatic heterocycles. The van der Waals surface area contributed by atoms with Crippen LogP contribution >= 0.6 is 34.8 Å². The highest BCUT2D eigenvalue weighted by Crippen LogP contribution is 2.24. The third kappa shape index (κ3) is 4.86. The molecule has 0 saturated carbocycles. The molecule has 2 N–H and O–H groups in total. The summed E-state index contributed by atoms with van der Waals surface area (Å²) < 4.78 is 0. The van der Waals surface area contributed by atoms with Crippen LogP contribution in [0.3, 0.4) is 0 Å². The quantitative estimate of drug-likeness (QED) is 0.806. The molecular formula is C16H12Cl3NO3. The molecule has 0 aliphatic heterocycles. The lowest BCUT2D eigenvalue weighted by molar-refractivity contribution is -0.137. The number of carbonyl (C=O) groups excluding carboxylic acids is 1. The van der Waals surface area contributed by atoms with E-state index in [0.29, 0.717) is 15.6 Å². The first-order valence-corrected chi connectivity index (χ1v) is 7.73. The molecule has 7 heteroatoms. The zero-order valence-corrected chi connectivity index (χ0v) is 14.0. The Morgan fingerprint density at radius 2 is 1.74 bits per heavy atom. The Bertz CT molecular complexity index is 749. The second-order valence-corrected chi connectivity index (χ2v) is 6.08. The van der Waals surface area contributed by atoms with Crippen molar-refractivity contribution in [2.24, 2.45) is 0 Å². The summed E-state index contributed by atoms with van der Waals surface area (Å²) in [5.41, 5.74) is 0.812. The fourth-order valence-electron chi connectivity index (χ4n) is 2.06. The van der Waals surface area contributed by atoms with Gasteiger partial charge in [-0.1, -0.05) is 46.9 Å². The van der Waals surface area contributed by atoms with Gasteiger partial charge in [0.25, 0.3) is 5.91 Å². The zero-order valence-electron chi connectivity index (χ0n) is 11.7. The van der Waals surface area contributed by atoms with Crippen LogP contribution in [0, 0.1) is 0 Å². The summed E-state index contributed by atoms with van der Waals surface area (Å²) in [4.78, 5) is 23.4. The number of nitrogens with one attached hydrogen (secondary N) is 1. The van der Waals surface area contributed by atoms with Crippen molar-refractivity contribution in [2.75, 3.05) is 0 Å². The summed E-state index contributed by atoms with van der Waals surface area (Å²) in [5.74, 6) is -1.53. The number of hydrogen-bond donors (Lipinski definition) is 2. The number of carboxylic acids is 1. The van der Waals surface area contributed by atoms with E-state index in [-0.39, 0.29) is 17.0 Å². The van der Waals surface area contributed by atoms with Crippen molar-refractivity contribution >= 4 is 46.7 Å². The first-order valence-electron chi connectivity index (χ1n) is 6.60. The molecule has 0 radical (unpaired) electrons. The first kappa shape index (κ1) is 17.6. The Morgan fingerprint density at radius 1 is 1.04 bits per heavy atom. The standard InChI is InChI=1S/C16H12Cl3NO3/c17-10-3-1-2-9(6-10)14(8-15(21)22)20-16(23)12-5-4-11(18)7-13(12)19/h1-7,14H,8H2,(H,20,23)(H,21,22)/t14-/m1/s1. The fourth-order valence-corrected chi connectivity index (χ4v) is 2.75. The van der Waals surface area contributed by atoms with E-state index in [1.807, 2.05) is 0 Å². The largest absolute Gasteiger partial charge is 0.481 e. The van der Waals surface area contributed by atoms with Crippen molar-refractivity contribution in [2.45, 2.75) is 12.5 Å². The van der Waals surface area contributed by atoms with Crippen molar-refractivity contribution in [3.8, 4) is 0 Å². The van der Waals surface area contributed by atoms with E-state index in [0.717, 1.165) is 0 Å². The number of hydrogen-bond acceptors (Lipinski definition) is 2. The monoisotopic (exact) mass is 371 g/mol. The first-order chi connectivity index (χ1) is 10.9. The topological polar surface area (TPSA) is 66.4 Å². The van der Waals surface area contributed by atoms with Crippen LogP contribution < -0.4 is 5.32 Å². The van der Waals surface area contributed by atoms with Gasteiger partial charge in [-0.05, 0) is 35.9 Å². The highest BCUT2D eigenvalue weighted by atomic mass is 35.5. The summed E-state index contributed by atoms with van der Waals surface area (Å²) >= 11 is 17.7. The number of carboxylic acid groups (broad SMARTS) is 1. The molecule has 2 rings (SSSR count). The van der Waals surface area contributed by atoms with Gasteiger partial charge in [-0.2, -0.15) is 0 Å². The smallest absolute Gasteiger partial charge is 0.305 e. The van der Waals surface area contributed by atoms with Gasteiger partial charge in [0.1, 0.15) is 0 Å². The van der Waals surface area contributed by atoms with Crippen LogP contribution in [0.2, 0.25) is 15.1 Å². The Kier molecular flexibility index (Phi) is 5.88. The Balaban J connectivity index is 2.27. The highest BCUT2D eigenvalue weighted by Gasteiger charge is 2.20. The van der Waals surface area contributed by atoms with Crippen LogP contribution in [0.1, 0.15) is 28.4 Å². The number of carbonyl (C=O) groups is 2. The molecule has 0 unspecified atom stereocenters. The molecule has 4 nitrogen and oxygen atoms in total. The zero-order chi connectivity index (χ0) is 17.0. The van der Waals surface area contributed by atoms with Crippen molar-refractivity contribution in [3.63, 3.8) is 0 Å². The van der Waals surface area contributed by atoms with E-state index in [2.05, 4.69) is 5.32 Å². The molecular weight excluding hydrogens is 361 g/mol. The summed E-state index contributed by atoms with van der Waals surface area (Å²) in [6.45, 7) is 0. The molecule has 120 valence electrons. The Labute approximate surface area is 148 Å². The second-order valence-electron chi connectivity index (χ2n) is 4.80. The van der Waals surface area contributed by atoms with Crippen LogP contribution in [-0.4, -0.2) is 17.0 Å². The van der Waals surface area contributed by atoms with Gasteiger partial charge in [0.15, 0.2) is 0 Å². The van der Waals surface area contributed by atoms with Crippen molar-refractivity contribution < 1.29 is 14.7 Å². The number of rotatable bonds is 5. The van der Waals surface area contributed by atoms with E-state index in [1.165, 1.54) is 18.2 Å². The van der Waals surface area contributed by atoms with E-state index in [4.69, 9.17) is 39.9 Å². The van der Waals surface area contributed by atoms with E-state index in [1.54, 1.807) is 24.3 Å². The molecule has 0 fully saturated rings. The van der Waals surface area contributed by atoms with Gasteiger partial charge in [-0.3, -0.25) is 9.59 Å². The fraction of sp³-hybridized carbons (Fsp3) is 0.125. The van der Waals surface area contributed by atoms with Crippen LogP contribution in [0.5, 0.6) is 0 Å². The van der Waals surface area contributed by atoms with Gasteiger partial charge < -0.3 is 10.4 Å². The minimum absolute atomic E-state index is 0.190. The summed E-state index contributed by atoms with van der Waals surface area (Å²) in [6.07, 6.45) is -0.280. The lowest BCUT2D eigenvalue weighted by Crippen LogP contribution is -2.30. The second kappa shape index (κ2) is 7.68. The predicted molar refractivity (Wildman–Crippen MR) is 90.4 cm³/mol. The van der Waals surface area contributed by atoms with Gasteiger partial charge in [-0.25, -0.2) is 0 Å². The molecule has 0 heterocycles. The lowest BCUT2D eigenvalue weighted by Gasteiger charge is -2.18. The molecule has 2 aromatic rings. The van der Waals surface area contributed by atoms with E-state index >= 15 is 0 Å². The number of benzene rings is 2. The number of aliphatic carboxylic acids is 1. The molecule has 0 spiro atoms. The van der Waals surface area contributed by atoms with Crippen molar-refractivity contribution in [3.05, 3.63) is 68.7 Å². The van der Waals surface area contributed by atoms with Crippen LogP contribution in [-0.2, 0) is 4.79 Å². The van der Waals surface area contributed by atoms with Crippen molar-refractivity contribution in [1.82, 2.24) is 5.32 Å². The molecule has 1 amide bonds. The Morgan fingerprint density at radius 3 is 2.35 bits per heavy atom. The van der Waals surface area contributed by atoms with Crippen LogP contribution in [0.15, 0.2) is 42.5 Å². The predicted octanol–water partition coefficient (Wildman–Crippen LogP) is 4.59. The Hall–Kier alpha value is -1.75. The maximum absolute atomic E-state index is 12.4. The molecule has 0 aliphatic carbocycles. The van der Waals surface area contributed by atoms with E-state index in [9.17, 15) is 9.59 Å². The summed E-state index contributed by atoms with van der Waals surface area (Å²) in [7, 11) is 0. The maximum Gasteiger partial charge on any atom is 0.305 e. The van der Waals surface area contributed by atoms with Gasteiger partial charge >= 0.3 is 5.97 Å². The summed E-state index contributed by atoms with van der Waals surface area (Å²) in [6, 6.07) is 10.4. The lowest BCUT2D eigenvalue weighted by atomic mass is 10.0. The van der Waals surface area contributed by atoms with Gasteiger partial charge in [0.05, 0.1) is 23.0 Å². The average Bonchev–Trinajstić information content (AvgIpc) is 2.45. The minimum Gasteiger partial charge on any atom is -0.481 e. The third-order valence-electron chi connectivity index (χ3n) is 3.11. The number of halogens is 3. The molecule has 1 atom stereocenters. The van der Waals surface area contributed by atoms with Crippen LogP contribution in [0.4, 0.5) is 0 Å². The van der Waals surface area contributed by atoms with Crippen molar-refractivity contribution in [1.29, 1.82) is 0 Å². The SMILES string of the molecule is O=C(O)C[C@@H](NC(=O)c1ccc(Cl)cc1Cl)c1cccc(Cl)c1. The van der Waals surface area contributed by atoms with E-state index < -0.39 is 17.9 Å². The molecule has 0 aliphatic rings. The highest BCUT2D eigenvalue weighted by molar-refractivity contribution is 6.36. The number of amides is 1. The van der Waals surface area contributed by atoms with Crippen LogP contribution in [0.25, 0.3) is 0 Å². The van der Waals surface area contributed by atoms with Gasteiger partial charge in [-0.15, -0.1) is 0 Å². The van der Waals surface area contributed by atoms with Gasteiger partial charge in [0, 0.05) is 10.0 Å². The third-order valence-corrected chi connectivity index (χ3v) is 3.89.